The Morgan fingerprint density at radius 1 is 1.67 bits per heavy atom. The Morgan fingerprint density at radius 2 is 2.44 bits per heavy atom. The van der Waals surface area contributed by atoms with E-state index >= 15 is 0 Å². The van der Waals surface area contributed by atoms with Gasteiger partial charge in [-0.15, -0.1) is 12.6 Å². The lowest BCUT2D eigenvalue weighted by atomic mass is 10.4. The van der Waals surface area contributed by atoms with E-state index in [1.807, 2.05) is 0 Å². The zero-order chi connectivity index (χ0) is 6.69. The summed E-state index contributed by atoms with van der Waals surface area (Å²) in [5.41, 5.74) is 0. The number of nitrogens with zero attached hydrogens (tertiary/aromatic N) is 1. The second kappa shape index (κ2) is 2.92. The third kappa shape index (κ3) is 1.48. The molecule has 0 radical (unpaired) electrons. The van der Waals surface area contributed by atoms with E-state index in [1.54, 1.807) is 16.5 Å². The van der Waals surface area contributed by atoms with Crippen LogP contribution in [-0.2, 0) is 4.79 Å². The van der Waals surface area contributed by atoms with Crippen molar-refractivity contribution in [1.82, 2.24) is 4.90 Å². The van der Waals surface area contributed by atoms with Gasteiger partial charge in [-0.2, -0.15) is 0 Å². The molecule has 0 aromatic rings. The fourth-order valence-electron chi connectivity index (χ4n) is 0.907. The van der Waals surface area contributed by atoms with Crippen molar-refractivity contribution in [3.8, 4) is 0 Å². The second-order valence-electron chi connectivity index (χ2n) is 1.99. The predicted octanol–water partition coefficient (Wildman–Crippen LogP) is 1.01. The maximum atomic E-state index is 10.8. The minimum Gasteiger partial charge on any atom is -0.319 e. The van der Waals surface area contributed by atoms with Gasteiger partial charge < -0.3 is 4.90 Å². The number of rotatable bonds is 1. The minimum absolute atomic E-state index is 0.209. The maximum Gasteiger partial charge on any atom is 0.226 e. The molecule has 1 rings (SSSR count). The van der Waals surface area contributed by atoms with E-state index in [-0.39, 0.29) is 5.91 Å². The molecule has 1 fully saturated rings. The van der Waals surface area contributed by atoms with Crippen molar-refractivity contribution in [3.63, 3.8) is 0 Å². The van der Waals surface area contributed by atoms with Crippen LogP contribution in [0.2, 0.25) is 0 Å². The summed E-state index contributed by atoms with van der Waals surface area (Å²) in [5, 5.41) is 1.59. The van der Waals surface area contributed by atoms with Crippen LogP contribution in [-0.4, -0.2) is 17.4 Å². The first kappa shape index (κ1) is 6.68. The molecule has 0 aromatic carbocycles. The molecule has 1 aliphatic rings. The zero-order valence-electron chi connectivity index (χ0n) is 5.08. The number of likely N-dealkylation sites (tertiary alicyclic amines) is 1. The van der Waals surface area contributed by atoms with Crippen LogP contribution in [0.4, 0.5) is 0 Å². The monoisotopic (exact) mass is 143 g/mol. The van der Waals surface area contributed by atoms with Gasteiger partial charge in [0.15, 0.2) is 0 Å². The largest absolute Gasteiger partial charge is 0.319 e. The Morgan fingerprint density at radius 3 is 2.89 bits per heavy atom. The average molecular weight is 143 g/mol. The molecule has 1 saturated heterocycles. The summed E-state index contributed by atoms with van der Waals surface area (Å²) < 4.78 is 0. The molecule has 0 bridgehead atoms. The number of carbonyl (C=O) groups excluding carboxylic acids is 1. The fourth-order valence-corrected chi connectivity index (χ4v) is 1.07. The van der Waals surface area contributed by atoms with E-state index in [0.717, 1.165) is 13.0 Å². The molecule has 1 aliphatic heterocycles. The van der Waals surface area contributed by atoms with Gasteiger partial charge in [-0.05, 0) is 11.8 Å². The molecule has 0 atom stereocenters. The van der Waals surface area contributed by atoms with Crippen molar-refractivity contribution in [2.24, 2.45) is 0 Å². The van der Waals surface area contributed by atoms with Gasteiger partial charge in [0.05, 0.1) is 0 Å². The average Bonchev–Trinajstić information content (AvgIpc) is 2.18. The first-order chi connectivity index (χ1) is 4.34. The summed E-state index contributed by atoms with van der Waals surface area (Å²) >= 11 is 3.86. The summed E-state index contributed by atoms with van der Waals surface area (Å²) in [7, 11) is 0. The van der Waals surface area contributed by atoms with E-state index in [9.17, 15) is 4.79 Å². The second-order valence-corrected chi connectivity index (χ2v) is 2.29. The lowest BCUT2D eigenvalue weighted by Gasteiger charge is -2.06. The van der Waals surface area contributed by atoms with Crippen LogP contribution in [0.1, 0.15) is 12.8 Å². The van der Waals surface area contributed by atoms with Gasteiger partial charge in [-0.1, -0.05) is 0 Å². The fraction of sp³-hybridized carbons (Fsp3) is 0.500. The van der Waals surface area contributed by atoms with Gasteiger partial charge in [-0.3, -0.25) is 4.79 Å². The lowest BCUT2D eigenvalue weighted by molar-refractivity contribution is -0.125. The topological polar surface area (TPSA) is 20.3 Å². The molecular formula is C6H9NOS. The lowest BCUT2D eigenvalue weighted by Crippen LogP contribution is -2.16. The molecule has 1 heterocycles. The number of amides is 1. The van der Waals surface area contributed by atoms with Crippen LogP contribution in [0.25, 0.3) is 0 Å². The van der Waals surface area contributed by atoms with Crippen molar-refractivity contribution in [2.45, 2.75) is 12.8 Å². The SMILES string of the molecule is O=C1CCCN1C=CS. The van der Waals surface area contributed by atoms with Gasteiger partial charge in [-0.25, -0.2) is 0 Å². The van der Waals surface area contributed by atoms with Gasteiger partial charge in [0.25, 0.3) is 0 Å². The Hall–Kier alpha value is -0.440. The summed E-state index contributed by atoms with van der Waals surface area (Å²) in [6.45, 7) is 0.857. The molecule has 0 spiro atoms. The van der Waals surface area contributed by atoms with Crippen LogP contribution in [0.5, 0.6) is 0 Å². The van der Waals surface area contributed by atoms with E-state index in [0.29, 0.717) is 6.42 Å². The molecule has 0 aliphatic carbocycles. The van der Waals surface area contributed by atoms with Crippen molar-refractivity contribution in [1.29, 1.82) is 0 Å². The quantitative estimate of drug-likeness (QED) is 0.543. The van der Waals surface area contributed by atoms with E-state index < -0.39 is 0 Å². The molecule has 0 aromatic heterocycles. The minimum atomic E-state index is 0.209. The summed E-state index contributed by atoms with van der Waals surface area (Å²) in [6.07, 6.45) is 3.38. The van der Waals surface area contributed by atoms with E-state index in [1.165, 1.54) is 0 Å². The predicted molar refractivity (Wildman–Crippen MR) is 39.1 cm³/mol. The number of hydrogen-bond donors (Lipinski definition) is 1. The molecule has 0 saturated carbocycles. The third-order valence-corrected chi connectivity index (χ3v) is 1.49. The molecule has 50 valence electrons. The van der Waals surface area contributed by atoms with Gasteiger partial charge in [0.1, 0.15) is 0 Å². The van der Waals surface area contributed by atoms with Crippen LogP contribution < -0.4 is 0 Å². The van der Waals surface area contributed by atoms with Crippen LogP contribution in [0, 0.1) is 0 Å². The van der Waals surface area contributed by atoms with Crippen LogP contribution in [0.15, 0.2) is 11.6 Å². The maximum absolute atomic E-state index is 10.8. The van der Waals surface area contributed by atoms with E-state index in [2.05, 4.69) is 12.6 Å². The van der Waals surface area contributed by atoms with Crippen molar-refractivity contribution < 1.29 is 4.79 Å². The molecule has 3 heteroatoms. The number of hydrogen-bond acceptors (Lipinski definition) is 2. The normalized spacial score (nSPS) is 20.1. The molecule has 9 heavy (non-hydrogen) atoms. The van der Waals surface area contributed by atoms with Gasteiger partial charge >= 0.3 is 0 Å². The highest BCUT2D eigenvalue weighted by Gasteiger charge is 2.16. The molecule has 1 amide bonds. The first-order valence-electron chi connectivity index (χ1n) is 2.95. The number of thiol groups is 1. The zero-order valence-corrected chi connectivity index (χ0v) is 5.97. The Kier molecular flexibility index (Phi) is 2.16. The Bertz CT molecular complexity index is 144. The Labute approximate surface area is 59.9 Å². The summed E-state index contributed by atoms with van der Waals surface area (Å²) in [6, 6.07) is 0. The molecule has 2 nitrogen and oxygen atoms in total. The van der Waals surface area contributed by atoms with Crippen molar-refractivity contribution in [3.05, 3.63) is 11.6 Å². The highest BCUT2D eigenvalue weighted by atomic mass is 32.1. The molecular weight excluding hydrogens is 134 g/mol. The van der Waals surface area contributed by atoms with E-state index in [4.69, 9.17) is 0 Å². The van der Waals surface area contributed by atoms with Gasteiger partial charge in [0, 0.05) is 19.2 Å². The summed E-state index contributed by atoms with van der Waals surface area (Å²) in [5.74, 6) is 0.209. The Balaban J connectivity index is 2.49. The van der Waals surface area contributed by atoms with Gasteiger partial charge in [0.2, 0.25) is 5.91 Å². The molecule has 0 N–H and O–H groups in total. The third-order valence-electron chi connectivity index (χ3n) is 1.36. The standard InChI is InChI=1S/C6H9NOS/c8-6-2-1-3-7(6)4-5-9/h4-5,9H,1-3H2. The smallest absolute Gasteiger partial charge is 0.226 e. The van der Waals surface area contributed by atoms with Crippen LogP contribution >= 0.6 is 12.6 Å². The highest BCUT2D eigenvalue weighted by Crippen LogP contribution is 2.09. The first-order valence-corrected chi connectivity index (χ1v) is 3.46. The highest BCUT2D eigenvalue weighted by molar-refractivity contribution is 7.83. The molecule has 0 unspecified atom stereocenters. The van der Waals surface area contributed by atoms with Crippen molar-refractivity contribution in [2.75, 3.05) is 6.54 Å². The van der Waals surface area contributed by atoms with Crippen LogP contribution in [0.3, 0.4) is 0 Å². The van der Waals surface area contributed by atoms with Crippen molar-refractivity contribution >= 4 is 18.5 Å². The number of carbonyl (C=O) groups is 1. The summed E-state index contributed by atoms with van der Waals surface area (Å²) in [4.78, 5) is 12.5.